The highest BCUT2D eigenvalue weighted by Gasteiger charge is 2.48. The molecule has 2 aromatic heterocycles. The van der Waals surface area contributed by atoms with Crippen LogP contribution in [-0.4, -0.2) is 61.4 Å². The van der Waals surface area contributed by atoms with Crippen LogP contribution < -0.4 is 0 Å². The smallest absolute Gasteiger partial charge is 0.274 e. The molecule has 2 aliphatic heterocycles. The van der Waals surface area contributed by atoms with E-state index in [2.05, 4.69) is 27.1 Å². The van der Waals surface area contributed by atoms with E-state index in [1.54, 1.807) is 6.33 Å². The van der Waals surface area contributed by atoms with Gasteiger partial charge in [-0.15, -0.1) is 0 Å². The molecule has 2 aromatic rings. The molecule has 0 unspecified atom stereocenters. The summed E-state index contributed by atoms with van der Waals surface area (Å²) in [5.74, 6) is 0.116. The predicted molar refractivity (Wildman–Crippen MR) is 104 cm³/mol. The highest BCUT2D eigenvalue weighted by atomic mass is 16.2. The Hall–Kier alpha value is -2.64. The molecule has 150 valence electrons. The van der Waals surface area contributed by atoms with Crippen LogP contribution in [0.1, 0.15) is 67.1 Å². The Labute approximate surface area is 164 Å². The van der Waals surface area contributed by atoms with Gasteiger partial charge in [-0.3, -0.25) is 14.7 Å². The summed E-state index contributed by atoms with van der Waals surface area (Å²) in [6.07, 6.45) is 6.32. The maximum absolute atomic E-state index is 12.9. The van der Waals surface area contributed by atoms with Crippen molar-refractivity contribution in [3.63, 3.8) is 0 Å². The minimum atomic E-state index is -0.406. The van der Waals surface area contributed by atoms with Crippen LogP contribution in [0, 0.1) is 0 Å². The topological polar surface area (TPSA) is 98.0 Å². The lowest BCUT2D eigenvalue weighted by Gasteiger charge is -2.50. The molecule has 8 nitrogen and oxygen atoms in total. The maximum Gasteiger partial charge on any atom is 0.274 e. The Kier molecular flexibility index (Phi) is 4.95. The normalized spacial score (nSPS) is 18.4. The molecule has 0 atom stereocenters. The van der Waals surface area contributed by atoms with Gasteiger partial charge < -0.3 is 14.8 Å². The summed E-state index contributed by atoms with van der Waals surface area (Å²) in [4.78, 5) is 37.2. The van der Waals surface area contributed by atoms with Gasteiger partial charge in [-0.2, -0.15) is 5.10 Å². The van der Waals surface area contributed by atoms with E-state index in [9.17, 15) is 9.59 Å². The Morgan fingerprint density at radius 2 is 2.00 bits per heavy atom. The lowest BCUT2D eigenvalue weighted by Crippen LogP contribution is -2.58. The van der Waals surface area contributed by atoms with Crippen molar-refractivity contribution in [2.75, 3.05) is 19.6 Å². The van der Waals surface area contributed by atoms with Gasteiger partial charge in [-0.25, -0.2) is 4.98 Å². The number of carbonyl (C=O) groups is 2. The molecule has 0 radical (unpaired) electrons. The second kappa shape index (κ2) is 7.41. The van der Waals surface area contributed by atoms with Gasteiger partial charge in [0, 0.05) is 43.9 Å². The number of aryl methyl sites for hydroxylation is 1. The van der Waals surface area contributed by atoms with Crippen LogP contribution in [0.5, 0.6) is 0 Å². The number of carbonyl (C=O) groups excluding carboxylic acids is 2. The highest BCUT2D eigenvalue weighted by Crippen LogP contribution is 2.42. The molecule has 1 saturated heterocycles. The maximum atomic E-state index is 12.9. The number of imidazole rings is 1. The number of piperidine rings is 1. The van der Waals surface area contributed by atoms with Gasteiger partial charge in [0.1, 0.15) is 5.69 Å². The number of amides is 2. The van der Waals surface area contributed by atoms with Gasteiger partial charge in [0.2, 0.25) is 5.91 Å². The van der Waals surface area contributed by atoms with Crippen molar-refractivity contribution in [1.82, 2.24) is 30.0 Å². The summed E-state index contributed by atoms with van der Waals surface area (Å²) in [5, 5.41) is 7.16. The van der Waals surface area contributed by atoms with E-state index in [0.29, 0.717) is 44.6 Å². The summed E-state index contributed by atoms with van der Waals surface area (Å²) in [5.41, 5.74) is 3.17. The fraction of sp³-hybridized carbons (Fsp3) is 0.600. The molecular weight excluding hydrogens is 356 g/mol. The number of nitrogens with zero attached hydrogens (tertiary/aromatic N) is 4. The second-order valence-electron chi connectivity index (χ2n) is 7.73. The number of hydrogen-bond donors (Lipinski definition) is 2. The van der Waals surface area contributed by atoms with Crippen LogP contribution >= 0.6 is 0 Å². The van der Waals surface area contributed by atoms with E-state index < -0.39 is 5.54 Å². The number of likely N-dealkylation sites (tertiary alicyclic amines) is 1. The Balaban J connectivity index is 1.54. The molecule has 0 saturated carbocycles. The number of hydrogen-bond acceptors (Lipinski definition) is 4. The number of rotatable bonds is 4. The van der Waals surface area contributed by atoms with Crippen molar-refractivity contribution in [3.8, 4) is 0 Å². The molecular formula is C20H28N6O2. The Bertz CT molecular complexity index is 862. The summed E-state index contributed by atoms with van der Waals surface area (Å²) in [7, 11) is 0. The summed E-state index contributed by atoms with van der Waals surface area (Å²) in [6.45, 7) is 5.89. The number of fused-ring (bicyclic) bond motifs is 2. The molecule has 2 aliphatic rings. The quantitative estimate of drug-likeness (QED) is 0.842. The first-order valence-corrected chi connectivity index (χ1v) is 10.3. The van der Waals surface area contributed by atoms with Gasteiger partial charge in [0.05, 0.1) is 17.6 Å². The van der Waals surface area contributed by atoms with Gasteiger partial charge in [0.25, 0.3) is 5.91 Å². The molecule has 1 spiro atoms. The van der Waals surface area contributed by atoms with Crippen molar-refractivity contribution in [3.05, 3.63) is 35.2 Å². The van der Waals surface area contributed by atoms with Gasteiger partial charge in [-0.1, -0.05) is 20.3 Å². The third kappa shape index (κ3) is 3.00. The first kappa shape index (κ1) is 18.7. The summed E-state index contributed by atoms with van der Waals surface area (Å²) < 4.78 is 0. The monoisotopic (exact) mass is 384 g/mol. The van der Waals surface area contributed by atoms with E-state index in [-0.39, 0.29) is 11.8 Å². The Morgan fingerprint density at radius 1 is 1.21 bits per heavy atom. The van der Waals surface area contributed by atoms with E-state index >= 15 is 0 Å². The first-order chi connectivity index (χ1) is 13.6. The lowest BCUT2D eigenvalue weighted by molar-refractivity contribution is -0.141. The molecule has 1 fully saturated rings. The molecule has 0 bridgehead atoms. The first-order valence-electron chi connectivity index (χ1n) is 10.3. The molecule has 4 rings (SSSR count). The van der Waals surface area contributed by atoms with E-state index in [1.807, 2.05) is 22.8 Å². The van der Waals surface area contributed by atoms with Gasteiger partial charge in [-0.05, 0) is 25.3 Å². The van der Waals surface area contributed by atoms with E-state index in [0.717, 1.165) is 36.3 Å². The average molecular weight is 384 g/mol. The van der Waals surface area contributed by atoms with Crippen LogP contribution in [-0.2, 0) is 23.2 Å². The largest absolute Gasteiger partial charge is 0.348 e. The zero-order valence-corrected chi connectivity index (χ0v) is 16.6. The average Bonchev–Trinajstić information content (AvgIpc) is 3.38. The minimum absolute atomic E-state index is 0.0418. The number of H-pyrrole nitrogens is 2. The minimum Gasteiger partial charge on any atom is -0.348 e. The van der Waals surface area contributed by atoms with E-state index in [1.165, 1.54) is 0 Å². The fourth-order valence-corrected chi connectivity index (χ4v) is 4.65. The molecule has 0 aromatic carbocycles. The standard InChI is InChI=1S/C20H28N6O2/c1-3-5-14-12-16(24-23-14)19(28)25-10-7-20(8-11-25)18-15(21-13-22-18)6-9-26(20)17(27)4-2/h12-13H,3-11H2,1-2H3,(H,21,22)(H,23,24). The highest BCUT2D eigenvalue weighted by molar-refractivity contribution is 5.92. The van der Waals surface area contributed by atoms with E-state index in [4.69, 9.17) is 0 Å². The predicted octanol–water partition coefficient (Wildman–Crippen LogP) is 2.01. The van der Waals surface area contributed by atoms with Gasteiger partial charge in [0.15, 0.2) is 0 Å². The number of aromatic amines is 2. The van der Waals surface area contributed by atoms with Crippen molar-refractivity contribution in [1.29, 1.82) is 0 Å². The van der Waals surface area contributed by atoms with Gasteiger partial charge >= 0.3 is 0 Å². The second-order valence-corrected chi connectivity index (χ2v) is 7.73. The van der Waals surface area contributed by atoms with Crippen LogP contribution in [0.25, 0.3) is 0 Å². The third-order valence-corrected chi connectivity index (χ3v) is 6.11. The van der Waals surface area contributed by atoms with Crippen molar-refractivity contribution in [2.24, 2.45) is 0 Å². The molecule has 28 heavy (non-hydrogen) atoms. The van der Waals surface area contributed by atoms with Crippen molar-refractivity contribution in [2.45, 2.75) is 57.9 Å². The molecule has 8 heteroatoms. The number of aromatic nitrogens is 4. The summed E-state index contributed by atoms with van der Waals surface area (Å²) >= 11 is 0. The SMILES string of the molecule is CCCc1cc(C(=O)N2CCC3(CC2)c2nc[nH]c2CCN3C(=O)CC)n[nH]1. The van der Waals surface area contributed by atoms with Crippen molar-refractivity contribution < 1.29 is 9.59 Å². The van der Waals surface area contributed by atoms with Crippen molar-refractivity contribution >= 4 is 11.8 Å². The van der Waals surface area contributed by atoms with Crippen LogP contribution in [0.15, 0.2) is 12.4 Å². The molecule has 4 heterocycles. The summed E-state index contributed by atoms with van der Waals surface area (Å²) in [6, 6.07) is 1.86. The fourth-order valence-electron chi connectivity index (χ4n) is 4.65. The number of nitrogens with one attached hydrogen (secondary N) is 2. The molecule has 0 aliphatic carbocycles. The zero-order chi connectivity index (χ0) is 19.7. The molecule has 2 N–H and O–H groups in total. The van der Waals surface area contributed by atoms with Crippen LogP contribution in [0.2, 0.25) is 0 Å². The van der Waals surface area contributed by atoms with Crippen LogP contribution in [0.3, 0.4) is 0 Å². The van der Waals surface area contributed by atoms with Crippen LogP contribution in [0.4, 0.5) is 0 Å². The Morgan fingerprint density at radius 3 is 2.71 bits per heavy atom. The molecule has 2 amide bonds. The lowest BCUT2D eigenvalue weighted by atomic mass is 9.78. The zero-order valence-electron chi connectivity index (χ0n) is 16.6. The third-order valence-electron chi connectivity index (χ3n) is 6.11.